The van der Waals surface area contributed by atoms with Crippen LogP contribution in [0, 0.1) is 5.82 Å². The quantitative estimate of drug-likeness (QED) is 0.833. The number of halogens is 1. The molecule has 1 heterocycles. The van der Waals surface area contributed by atoms with Gasteiger partial charge in [-0.3, -0.25) is 9.48 Å². The molecule has 0 saturated heterocycles. The van der Waals surface area contributed by atoms with Crippen molar-refractivity contribution in [2.24, 2.45) is 0 Å². The van der Waals surface area contributed by atoms with Gasteiger partial charge in [0, 0.05) is 12.2 Å². The molecule has 0 radical (unpaired) electrons. The van der Waals surface area contributed by atoms with Crippen molar-refractivity contribution in [1.82, 2.24) is 20.0 Å². The van der Waals surface area contributed by atoms with Gasteiger partial charge in [0.05, 0.1) is 11.6 Å². The second kappa shape index (κ2) is 8.21. The van der Waals surface area contributed by atoms with Gasteiger partial charge in [-0.15, -0.1) is 0 Å². The predicted octanol–water partition coefficient (Wildman–Crippen LogP) is 3.93. The number of carbonyl (C=O) groups is 1. The van der Waals surface area contributed by atoms with Gasteiger partial charge in [0.1, 0.15) is 11.5 Å². The lowest BCUT2D eigenvalue weighted by Crippen LogP contribution is -2.35. The Balaban J connectivity index is 2.19. The van der Waals surface area contributed by atoms with E-state index >= 15 is 0 Å². The fraction of sp³-hybridized carbons (Fsp3) is 0.524. The Bertz CT molecular complexity index is 790. The molecule has 2 aromatic rings. The SMILES string of the molecule is CC(C)c1cc(C(=O)NCC(c2cccc(F)c2)N(C)C)nn1C(C)(C)C. The first kappa shape index (κ1) is 21.1. The molecule has 1 atom stereocenters. The number of hydrogen-bond donors (Lipinski definition) is 1. The van der Waals surface area contributed by atoms with Crippen molar-refractivity contribution in [3.05, 3.63) is 53.1 Å². The summed E-state index contributed by atoms with van der Waals surface area (Å²) in [5.41, 5.74) is 2.06. The molecule has 0 bridgehead atoms. The smallest absolute Gasteiger partial charge is 0.271 e. The number of amides is 1. The Morgan fingerprint density at radius 2 is 1.93 bits per heavy atom. The minimum absolute atomic E-state index is 0.126. The van der Waals surface area contributed by atoms with Crippen molar-refractivity contribution in [1.29, 1.82) is 0 Å². The average Bonchev–Trinajstić information content (AvgIpc) is 3.00. The minimum atomic E-state index is -0.281. The largest absolute Gasteiger partial charge is 0.349 e. The molecule has 27 heavy (non-hydrogen) atoms. The maximum atomic E-state index is 13.6. The summed E-state index contributed by atoms with van der Waals surface area (Å²) in [4.78, 5) is 14.7. The van der Waals surface area contributed by atoms with Crippen LogP contribution < -0.4 is 5.32 Å². The highest BCUT2D eigenvalue weighted by Gasteiger charge is 2.24. The van der Waals surface area contributed by atoms with E-state index in [1.54, 1.807) is 6.07 Å². The van der Waals surface area contributed by atoms with Gasteiger partial charge in [0.15, 0.2) is 0 Å². The van der Waals surface area contributed by atoms with E-state index in [2.05, 4.69) is 45.0 Å². The third-order valence-electron chi connectivity index (χ3n) is 4.51. The number of rotatable bonds is 6. The fourth-order valence-electron chi connectivity index (χ4n) is 3.05. The Morgan fingerprint density at radius 3 is 2.41 bits per heavy atom. The van der Waals surface area contributed by atoms with E-state index < -0.39 is 0 Å². The van der Waals surface area contributed by atoms with E-state index in [0.717, 1.165) is 11.3 Å². The maximum absolute atomic E-state index is 13.6. The van der Waals surface area contributed by atoms with Crippen LogP contribution in [-0.2, 0) is 5.54 Å². The standard InChI is InChI=1S/C21H31FN4O/c1-14(2)18-12-17(24-26(18)21(3,4)5)20(27)23-13-19(25(6)7)15-9-8-10-16(22)11-15/h8-12,14,19H,13H2,1-7H3,(H,23,27). The molecule has 1 aromatic heterocycles. The number of carbonyl (C=O) groups excluding carboxylic acids is 1. The molecule has 0 fully saturated rings. The van der Waals surface area contributed by atoms with Crippen LogP contribution >= 0.6 is 0 Å². The molecule has 0 aliphatic heterocycles. The summed E-state index contributed by atoms with van der Waals surface area (Å²) in [6, 6.07) is 8.20. The van der Waals surface area contributed by atoms with Crippen LogP contribution in [0.25, 0.3) is 0 Å². The number of nitrogens with one attached hydrogen (secondary N) is 1. The van der Waals surface area contributed by atoms with E-state index in [1.165, 1.54) is 12.1 Å². The van der Waals surface area contributed by atoms with Crippen molar-refractivity contribution in [2.75, 3.05) is 20.6 Å². The normalized spacial score (nSPS) is 13.3. The van der Waals surface area contributed by atoms with Gasteiger partial charge in [-0.25, -0.2) is 4.39 Å². The Hall–Kier alpha value is -2.21. The van der Waals surface area contributed by atoms with Gasteiger partial charge < -0.3 is 10.2 Å². The molecule has 148 valence electrons. The first-order valence-corrected chi connectivity index (χ1v) is 9.31. The molecule has 2 rings (SSSR count). The van der Waals surface area contributed by atoms with Crippen molar-refractivity contribution >= 4 is 5.91 Å². The van der Waals surface area contributed by atoms with Crippen molar-refractivity contribution in [2.45, 2.75) is 52.1 Å². The van der Waals surface area contributed by atoms with Gasteiger partial charge in [0.25, 0.3) is 5.91 Å². The van der Waals surface area contributed by atoms with Crippen LogP contribution in [-0.4, -0.2) is 41.2 Å². The number of benzene rings is 1. The monoisotopic (exact) mass is 374 g/mol. The summed E-state index contributed by atoms with van der Waals surface area (Å²) < 4.78 is 15.5. The van der Waals surface area contributed by atoms with Gasteiger partial charge in [-0.2, -0.15) is 5.10 Å². The first-order chi connectivity index (χ1) is 12.5. The Labute approximate surface area is 161 Å². The third kappa shape index (κ3) is 5.16. The zero-order chi connectivity index (χ0) is 20.4. The molecule has 0 aliphatic rings. The second-order valence-electron chi connectivity index (χ2n) is 8.44. The zero-order valence-electron chi connectivity index (χ0n) is 17.4. The summed E-state index contributed by atoms with van der Waals surface area (Å²) in [7, 11) is 3.82. The summed E-state index contributed by atoms with van der Waals surface area (Å²) in [6.07, 6.45) is 0. The molecular formula is C21H31FN4O. The second-order valence-corrected chi connectivity index (χ2v) is 8.44. The maximum Gasteiger partial charge on any atom is 0.271 e. The molecule has 6 heteroatoms. The summed E-state index contributed by atoms with van der Waals surface area (Å²) in [6.45, 7) is 10.8. The average molecular weight is 375 g/mol. The highest BCUT2D eigenvalue weighted by molar-refractivity contribution is 5.92. The van der Waals surface area contributed by atoms with E-state index in [0.29, 0.717) is 12.2 Å². The number of nitrogens with zero attached hydrogens (tertiary/aromatic N) is 3. The predicted molar refractivity (Wildman–Crippen MR) is 106 cm³/mol. The number of likely N-dealkylation sites (N-methyl/N-ethyl adjacent to an activating group) is 1. The van der Waals surface area contributed by atoms with Gasteiger partial charge >= 0.3 is 0 Å². The van der Waals surface area contributed by atoms with Crippen LogP contribution in [0.4, 0.5) is 4.39 Å². The van der Waals surface area contributed by atoms with Gasteiger partial charge in [-0.1, -0.05) is 26.0 Å². The number of hydrogen-bond acceptors (Lipinski definition) is 3. The van der Waals surface area contributed by atoms with Crippen LogP contribution in [0.3, 0.4) is 0 Å². The summed E-state index contributed by atoms with van der Waals surface area (Å²) in [5.74, 6) is -0.237. The Morgan fingerprint density at radius 1 is 1.26 bits per heavy atom. The fourth-order valence-corrected chi connectivity index (χ4v) is 3.05. The van der Waals surface area contributed by atoms with Crippen LogP contribution in [0.2, 0.25) is 0 Å². The van der Waals surface area contributed by atoms with E-state index in [4.69, 9.17) is 0 Å². The van der Waals surface area contributed by atoms with E-state index in [9.17, 15) is 9.18 Å². The van der Waals surface area contributed by atoms with Crippen molar-refractivity contribution in [3.63, 3.8) is 0 Å². The zero-order valence-corrected chi connectivity index (χ0v) is 17.4. The molecule has 0 saturated carbocycles. The molecule has 0 spiro atoms. The van der Waals surface area contributed by atoms with Crippen LogP contribution in [0.15, 0.2) is 30.3 Å². The molecular weight excluding hydrogens is 343 g/mol. The summed E-state index contributed by atoms with van der Waals surface area (Å²) in [5, 5.41) is 7.49. The summed E-state index contributed by atoms with van der Waals surface area (Å²) >= 11 is 0. The molecule has 1 aromatic carbocycles. The van der Waals surface area contributed by atoms with Gasteiger partial charge in [-0.05, 0) is 64.5 Å². The first-order valence-electron chi connectivity index (χ1n) is 9.31. The van der Waals surface area contributed by atoms with E-state index in [-0.39, 0.29) is 29.2 Å². The highest BCUT2D eigenvalue weighted by atomic mass is 19.1. The lowest BCUT2D eigenvalue weighted by molar-refractivity contribution is 0.0935. The molecule has 5 nitrogen and oxygen atoms in total. The van der Waals surface area contributed by atoms with Crippen LogP contribution in [0.1, 0.15) is 68.3 Å². The van der Waals surface area contributed by atoms with E-state index in [1.807, 2.05) is 35.8 Å². The highest BCUT2D eigenvalue weighted by Crippen LogP contribution is 2.24. The van der Waals surface area contributed by atoms with Gasteiger partial charge in [0.2, 0.25) is 0 Å². The van der Waals surface area contributed by atoms with Crippen LogP contribution in [0.5, 0.6) is 0 Å². The molecule has 1 amide bonds. The lowest BCUT2D eigenvalue weighted by atomic mass is 10.1. The topological polar surface area (TPSA) is 50.2 Å². The molecule has 1 unspecified atom stereocenters. The molecule has 0 aliphatic carbocycles. The molecule has 1 N–H and O–H groups in total. The third-order valence-corrected chi connectivity index (χ3v) is 4.51. The minimum Gasteiger partial charge on any atom is -0.349 e. The van der Waals surface area contributed by atoms with Crippen molar-refractivity contribution in [3.8, 4) is 0 Å². The number of aromatic nitrogens is 2. The lowest BCUT2D eigenvalue weighted by Gasteiger charge is -2.25. The van der Waals surface area contributed by atoms with Crippen molar-refractivity contribution < 1.29 is 9.18 Å². The Kier molecular flexibility index (Phi) is 6.42.